The van der Waals surface area contributed by atoms with Gasteiger partial charge >= 0.3 is 17.8 Å². The summed E-state index contributed by atoms with van der Waals surface area (Å²) >= 11 is 0. The Morgan fingerprint density at radius 1 is 1.17 bits per heavy atom. The van der Waals surface area contributed by atoms with Gasteiger partial charge in [-0.05, 0) is 25.8 Å². The minimum Gasteiger partial charge on any atom is -0.452 e. The molecule has 164 valence electrons. The first kappa shape index (κ1) is 22.9. The molecule has 2 heterocycles. The molecule has 1 fully saturated rings. The summed E-state index contributed by atoms with van der Waals surface area (Å²) < 4.78 is 12.0. The van der Waals surface area contributed by atoms with Gasteiger partial charge in [0.15, 0.2) is 6.61 Å². The van der Waals surface area contributed by atoms with E-state index in [0.29, 0.717) is 32.5 Å². The number of piperidine rings is 1. The first-order valence-electron chi connectivity index (χ1n) is 9.55. The molecule has 0 radical (unpaired) electrons. The predicted octanol–water partition coefficient (Wildman–Crippen LogP) is -0.622. The van der Waals surface area contributed by atoms with Crippen molar-refractivity contribution in [3.63, 3.8) is 0 Å². The fourth-order valence-corrected chi connectivity index (χ4v) is 2.98. The van der Waals surface area contributed by atoms with Crippen molar-refractivity contribution in [1.82, 2.24) is 19.4 Å². The minimum absolute atomic E-state index is 0.119. The molecular formula is C19H26N4O7. The normalized spacial score (nSPS) is 14.6. The van der Waals surface area contributed by atoms with Gasteiger partial charge in [-0.15, -0.1) is 0 Å². The van der Waals surface area contributed by atoms with Crippen LogP contribution in [0, 0.1) is 0 Å². The highest BCUT2D eigenvalue weighted by Crippen LogP contribution is 2.11. The van der Waals surface area contributed by atoms with E-state index in [1.54, 1.807) is 11.8 Å². The van der Waals surface area contributed by atoms with Gasteiger partial charge < -0.3 is 24.3 Å². The van der Waals surface area contributed by atoms with Gasteiger partial charge in [-0.3, -0.25) is 14.2 Å². The van der Waals surface area contributed by atoms with Gasteiger partial charge in [0.05, 0.1) is 12.2 Å². The first-order chi connectivity index (χ1) is 14.2. The molecule has 30 heavy (non-hydrogen) atoms. The quantitative estimate of drug-likeness (QED) is 0.478. The van der Waals surface area contributed by atoms with E-state index in [9.17, 15) is 24.0 Å². The number of esters is 1. The van der Waals surface area contributed by atoms with Crippen LogP contribution in [0.25, 0.3) is 6.08 Å². The van der Waals surface area contributed by atoms with Gasteiger partial charge in [0.2, 0.25) is 0 Å². The second kappa shape index (κ2) is 10.4. The molecule has 0 aromatic carbocycles. The van der Waals surface area contributed by atoms with Gasteiger partial charge in [0, 0.05) is 45.5 Å². The van der Waals surface area contributed by atoms with Crippen molar-refractivity contribution in [3.8, 4) is 0 Å². The molecule has 0 aliphatic carbocycles. The van der Waals surface area contributed by atoms with Crippen LogP contribution >= 0.6 is 0 Å². The highest BCUT2D eigenvalue weighted by molar-refractivity contribution is 5.89. The molecule has 1 aliphatic heterocycles. The molecular weight excluding hydrogens is 396 g/mol. The minimum atomic E-state index is -0.793. The number of hydrogen-bond acceptors (Lipinski definition) is 7. The van der Waals surface area contributed by atoms with Crippen molar-refractivity contribution < 1.29 is 23.9 Å². The summed E-state index contributed by atoms with van der Waals surface area (Å²) in [5.74, 6) is -1.25. The second-order valence-electron chi connectivity index (χ2n) is 6.81. The molecule has 1 aromatic heterocycles. The summed E-state index contributed by atoms with van der Waals surface area (Å²) in [6, 6.07) is -0.119. The number of rotatable bonds is 6. The summed E-state index contributed by atoms with van der Waals surface area (Å²) in [4.78, 5) is 60.7. The van der Waals surface area contributed by atoms with Crippen LogP contribution in [0.1, 0.15) is 25.3 Å². The predicted molar refractivity (Wildman–Crippen MR) is 107 cm³/mol. The molecule has 0 saturated carbocycles. The lowest BCUT2D eigenvalue weighted by atomic mass is 10.1. The number of nitrogens with zero attached hydrogens (tertiary/aromatic N) is 3. The number of aromatic nitrogens is 2. The van der Waals surface area contributed by atoms with Crippen molar-refractivity contribution in [3.05, 3.63) is 38.7 Å². The van der Waals surface area contributed by atoms with Crippen LogP contribution in [-0.4, -0.2) is 64.3 Å². The number of aryl methyl sites for hydroxylation is 1. The number of amides is 2. The van der Waals surface area contributed by atoms with Gasteiger partial charge in [-0.2, -0.15) is 0 Å². The lowest BCUT2D eigenvalue weighted by Gasteiger charge is -2.31. The summed E-state index contributed by atoms with van der Waals surface area (Å²) in [7, 11) is 2.82. The number of likely N-dealkylation sites (tertiary alicyclic amines) is 1. The van der Waals surface area contributed by atoms with Crippen LogP contribution in [0.2, 0.25) is 0 Å². The molecule has 1 saturated heterocycles. The fraction of sp³-hybridized carbons (Fsp3) is 0.526. The van der Waals surface area contributed by atoms with Crippen LogP contribution in [0.15, 0.2) is 21.9 Å². The molecule has 0 bridgehead atoms. The van der Waals surface area contributed by atoms with E-state index in [2.05, 4.69) is 5.32 Å². The Bertz CT molecular complexity index is 939. The fourth-order valence-electron chi connectivity index (χ4n) is 2.98. The van der Waals surface area contributed by atoms with Crippen molar-refractivity contribution >= 4 is 24.0 Å². The maximum absolute atomic E-state index is 12.0. The first-order valence-corrected chi connectivity index (χ1v) is 9.55. The molecule has 11 heteroatoms. The van der Waals surface area contributed by atoms with Crippen LogP contribution in [0.4, 0.5) is 4.79 Å². The maximum Gasteiger partial charge on any atom is 0.409 e. The van der Waals surface area contributed by atoms with Crippen molar-refractivity contribution in [2.75, 3.05) is 26.3 Å². The lowest BCUT2D eigenvalue weighted by molar-refractivity contribution is -0.144. The van der Waals surface area contributed by atoms with Crippen molar-refractivity contribution in [2.24, 2.45) is 14.1 Å². The summed E-state index contributed by atoms with van der Waals surface area (Å²) in [5, 5.41) is 2.76. The third-order valence-electron chi connectivity index (χ3n) is 4.60. The highest BCUT2D eigenvalue weighted by atomic mass is 16.6. The van der Waals surface area contributed by atoms with Crippen molar-refractivity contribution in [2.45, 2.75) is 25.8 Å². The van der Waals surface area contributed by atoms with E-state index in [1.165, 1.54) is 30.9 Å². The monoisotopic (exact) mass is 422 g/mol. The molecule has 11 nitrogen and oxygen atoms in total. The smallest absolute Gasteiger partial charge is 0.409 e. The average Bonchev–Trinajstić information content (AvgIpc) is 2.73. The number of hydrogen-bond donors (Lipinski definition) is 1. The largest absolute Gasteiger partial charge is 0.452 e. The Labute approximate surface area is 172 Å². The molecule has 0 unspecified atom stereocenters. The van der Waals surface area contributed by atoms with E-state index < -0.39 is 29.7 Å². The van der Waals surface area contributed by atoms with Crippen LogP contribution < -0.4 is 16.6 Å². The van der Waals surface area contributed by atoms with Gasteiger partial charge in [0.25, 0.3) is 11.5 Å². The molecule has 2 amide bonds. The Morgan fingerprint density at radius 3 is 2.47 bits per heavy atom. The van der Waals surface area contributed by atoms with Gasteiger partial charge in [-0.25, -0.2) is 14.4 Å². The molecule has 1 aliphatic rings. The number of ether oxygens (including phenoxy) is 2. The average molecular weight is 422 g/mol. The Hall–Kier alpha value is -3.37. The molecule has 1 N–H and O–H groups in total. The zero-order valence-corrected chi connectivity index (χ0v) is 17.3. The van der Waals surface area contributed by atoms with Crippen LogP contribution in [0.3, 0.4) is 0 Å². The van der Waals surface area contributed by atoms with Gasteiger partial charge in [-0.1, -0.05) is 0 Å². The zero-order chi connectivity index (χ0) is 22.3. The summed E-state index contributed by atoms with van der Waals surface area (Å²) in [6.07, 6.45) is 4.35. The molecule has 0 spiro atoms. The van der Waals surface area contributed by atoms with Crippen LogP contribution in [-0.2, 0) is 33.2 Å². The highest BCUT2D eigenvalue weighted by Gasteiger charge is 2.24. The summed E-state index contributed by atoms with van der Waals surface area (Å²) in [5.41, 5.74) is -0.895. The third kappa shape index (κ3) is 6.06. The summed E-state index contributed by atoms with van der Waals surface area (Å²) in [6.45, 7) is 2.53. The Balaban J connectivity index is 1.78. The van der Waals surface area contributed by atoms with Crippen LogP contribution in [0.5, 0.6) is 0 Å². The number of carbonyl (C=O) groups is 3. The second-order valence-corrected chi connectivity index (χ2v) is 6.81. The molecule has 0 atom stereocenters. The van der Waals surface area contributed by atoms with E-state index in [1.807, 2.05) is 0 Å². The van der Waals surface area contributed by atoms with E-state index >= 15 is 0 Å². The van der Waals surface area contributed by atoms with E-state index in [4.69, 9.17) is 9.47 Å². The van der Waals surface area contributed by atoms with E-state index in [-0.39, 0.29) is 17.7 Å². The lowest BCUT2D eigenvalue weighted by Crippen LogP contribution is -2.47. The number of nitrogens with one attached hydrogen (secondary N) is 1. The standard InChI is InChI=1S/C19H26N4O7/c1-4-29-19(28)23-9-7-14(8-10-23)20-15(24)12-30-16(25)6-5-13-11-21(2)18(27)22(3)17(13)26/h5-6,11,14H,4,7-10,12H2,1-3H3,(H,20,24)/b6-5+. The topological polar surface area (TPSA) is 129 Å². The SMILES string of the molecule is CCOC(=O)N1CCC(NC(=O)COC(=O)/C=C/c2cn(C)c(=O)n(C)c2=O)CC1. The van der Waals surface area contributed by atoms with E-state index in [0.717, 1.165) is 10.6 Å². The van der Waals surface area contributed by atoms with Crippen molar-refractivity contribution in [1.29, 1.82) is 0 Å². The molecule has 2 rings (SSSR count). The van der Waals surface area contributed by atoms with Gasteiger partial charge in [0.1, 0.15) is 0 Å². The zero-order valence-electron chi connectivity index (χ0n) is 17.3. The Morgan fingerprint density at radius 2 is 1.83 bits per heavy atom. The maximum atomic E-state index is 12.0. The Kier molecular flexibility index (Phi) is 7.96. The third-order valence-corrected chi connectivity index (χ3v) is 4.60. The molecule has 1 aromatic rings. The number of carbonyl (C=O) groups excluding carboxylic acids is 3.